The van der Waals surface area contributed by atoms with Crippen LogP contribution in [0.5, 0.6) is 0 Å². The molecule has 1 aliphatic rings. The van der Waals surface area contributed by atoms with Crippen LogP contribution in [-0.4, -0.2) is 43.1 Å². The Balaban J connectivity index is 2.52. The number of urea groups is 1. The number of hydrogen-bond acceptors (Lipinski definition) is 3. The van der Waals surface area contributed by atoms with Crippen LogP contribution >= 0.6 is 0 Å². The first-order valence-corrected chi connectivity index (χ1v) is 9.21. The Hall–Kier alpha value is -1.26. The summed E-state index contributed by atoms with van der Waals surface area (Å²) in [6, 6.07) is 0.270. The monoisotopic (exact) mass is 326 g/mol. The summed E-state index contributed by atoms with van der Waals surface area (Å²) in [7, 11) is 1.40. The Morgan fingerprint density at radius 1 is 1.17 bits per heavy atom. The Morgan fingerprint density at radius 2 is 1.87 bits per heavy atom. The second-order valence-electron chi connectivity index (χ2n) is 6.72. The minimum atomic E-state index is -0.289. The number of nitrogens with one attached hydrogen (secondary N) is 1. The minimum Gasteiger partial charge on any atom is -0.469 e. The average molecular weight is 326 g/mol. The number of carbonyl (C=O) groups is 2. The number of hydrogen-bond donors (Lipinski definition) is 1. The van der Waals surface area contributed by atoms with E-state index in [2.05, 4.69) is 12.2 Å². The Morgan fingerprint density at radius 3 is 2.48 bits per heavy atom. The van der Waals surface area contributed by atoms with E-state index in [1.165, 1.54) is 39.2 Å². The maximum Gasteiger partial charge on any atom is 0.317 e. The molecule has 1 aliphatic carbocycles. The van der Waals surface area contributed by atoms with Crippen molar-refractivity contribution in [1.29, 1.82) is 0 Å². The van der Waals surface area contributed by atoms with E-state index in [4.69, 9.17) is 4.74 Å². The van der Waals surface area contributed by atoms with Gasteiger partial charge in [0.1, 0.15) is 0 Å². The fraction of sp³-hybridized carbons (Fsp3) is 0.889. The zero-order valence-electron chi connectivity index (χ0n) is 15.1. The van der Waals surface area contributed by atoms with Gasteiger partial charge in [0, 0.05) is 19.1 Å². The van der Waals surface area contributed by atoms with Crippen molar-refractivity contribution in [2.24, 2.45) is 5.92 Å². The van der Waals surface area contributed by atoms with Crippen LogP contribution in [0.25, 0.3) is 0 Å². The third-order valence-electron chi connectivity index (χ3n) is 4.60. The molecule has 0 aliphatic heterocycles. The highest BCUT2D eigenvalue weighted by atomic mass is 16.5. The number of unbranched alkanes of at least 4 members (excludes halogenated alkanes) is 3. The zero-order chi connectivity index (χ0) is 17.1. The molecule has 1 fully saturated rings. The van der Waals surface area contributed by atoms with Gasteiger partial charge in [-0.3, -0.25) is 4.79 Å². The molecule has 0 saturated heterocycles. The van der Waals surface area contributed by atoms with E-state index < -0.39 is 0 Å². The lowest BCUT2D eigenvalue weighted by molar-refractivity contribution is -0.145. The van der Waals surface area contributed by atoms with Gasteiger partial charge >= 0.3 is 12.0 Å². The van der Waals surface area contributed by atoms with Crippen molar-refractivity contribution in [3.05, 3.63) is 0 Å². The third-order valence-corrected chi connectivity index (χ3v) is 4.60. The average Bonchev–Trinajstić information content (AvgIpc) is 2.57. The van der Waals surface area contributed by atoms with E-state index in [-0.39, 0.29) is 17.9 Å². The highest BCUT2D eigenvalue weighted by Crippen LogP contribution is 2.18. The van der Waals surface area contributed by atoms with Crippen LogP contribution in [0.1, 0.15) is 71.6 Å². The summed E-state index contributed by atoms with van der Waals surface area (Å²) in [5, 5.41) is 3.16. The van der Waals surface area contributed by atoms with Crippen molar-refractivity contribution in [3.63, 3.8) is 0 Å². The zero-order valence-corrected chi connectivity index (χ0v) is 15.1. The molecule has 0 bridgehead atoms. The van der Waals surface area contributed by atoms with E-state index in [1.54, 1.807) is 4.90 Å². The smallest absolute Gasteiger partial charge is 0.317 e. The van der Waals surface area contributed by atoms with Crippen LogP contribution in [0.4, 0.5) is 4.79 Å². The molecule has 5 nitrogen and oxygen atoms in total. The van der Waals surface area contributed by atoms with Crippen LogP contribution < -0.4 is 5.32 Å². The lowest BCUT2D eigenvalue weighted by Crippen LogP contribution is -2.48. The first-order chi connectivity index (χ1) is 11.1. The summed E-state index contributed by atoms with van der Waals surface area (Å²) in [6.07, 6.45) is 10.3. The maximum atomic E-state index is 12.6. The largest absolute Gasteiger partial charge is 0.469 e. The highest BCUT2D eigenvalue weighted by Gasteiger charge is 2.23. The number of methoxy groups -OCH3 is 1. The Bertz CT molecular complexity index is 354. The summed E-state index contributed by atoms with van der Waals surface area (Å²) in [6.45, 7) is 5.13. The molecule has 134 valence electrons. The predicted molar refractivity (Wildman–Crippen MR) is 92.3 cm³/mol. The summed E-state index contributed by atoms with van der Waals surface area (Å²) < 4.78 is 4.79. The van der Waals surface area contributed by atoms with E-state index in [9.17, 15) is 9.59 Å². The van der Waals surface area contributed by atoms with E-state index >= 15 is 0 Å². The van der Waals surface area contributed by atoms with E-state index in [0.717, 1.165) is 25.7 Å². The predicted octanol–water partition coefficient (Wildman–Crippen LogP) is 3.72. The molecule has 0 heterocycles. The highest BCUT2D eigenvalue weighted by molar-refractivity contribution is 5.76. The standard InChI is InChI=1S/C18H34N2O3/c1-4-5-6-10-13-20(14-15(2)17(21)23-3)18(22)19-16-11-8-7-9-12-16/h15-16H,4-14H2,1-3H3,(H,19,22). The maximum absolute atomic E-state index is 12.6. The first-order valence-electron chi connectivity index (χ1n) is 9.21. The summed E-state index contributed by atoms with van der Waals surface area (Å²) >= 11 is 0. The van der Waals surface area contributed by atoms with Gasteiger partial charge < -0.3 is 15.0 Å². The molecule has 0 spiro atoms. The van der Waals surface area contributed by atoms with Gasteiger partial charge in [-0.2, -0.15) is 0 Å². The van der Waals surface area contributed by atoms with E-state index in [0.29, 0.717) is 19.1 Å². The fourth-order valence-corrected chi connectivity index (χ4v) is 3.12. The fourth-order valence-electron chi connectivity index (χ4n) is 3.12. The van der Waals surface area contributed by atoms with Gasteiger partial charge in [-0.25, -0.2) is 4.79 Å². The molecular weight excluding hydrogens is 292 g/mol. The van der Waals surface area contributed by atoms with Crippen molar-refractivity contribution in [2.45, 2.75) is 77.7 Å². The van der Waals surface area contributed by atoms with E-state index in [1.807, 2.05) is 6.92 Å². The third kappa shape index (κ3) is 7.71. The van der Waals surface area contributed by atoms with Gasteiger partial charge in [0.15, 0.2) is 0 Å². The van der Waals surface area contributed by atoms with Crippen molar-refractivity contribution < 1.29 is 14.3 Å². The molecule has 1 rings (SSSR count). The number of rotatable bonds is 9. The van der Waals surface area contributed by atoms with Gasteiger partial charge in [0.05, 0.1) is 13.0 Å². The molecule has 1 saturated carbocycles. The summed E-state index contributed by atoms with van der Waals surface area (Å²) in [5.41, 5.74) is 0. The van der Waals surface area contributed by atoms with Crippen LogP contribution in [0.2, 0.25) is 0 Å². The molecule has 5 heteroatoms. The van der Waals surface area contributed by atoms with Crippen molar-refractivity contribution >= 4 is 12.0 Å². The normalized spacial score (nSPS) is 16.7. The second kappa shape index (κ2) is 11.3. The topological polar surface area (TPSA) is 58.6 Å². The van der Waals surface area contributed by atoms with Gasteiger partial charge in [0.25, 0.3) is 0 Å². The van der Waals surface area contributed by atoms with Gasteiger partial charge in [-0.15, -0.1) is 0 Å². The van der Waals surface area contributed by atoms with Crippen LogP contribution in [0.15, 0.2) is 0 Å². The molecule has 2 amide bonds. The minimum absolute atomic E-state index is 0.0239. The molecule has 0 aromatic carbocycles. The lowest BCUT2D eigenvalue weighted by atomic mass is 9.96. The van der Waals surface area contributed by atoms with Gasteiger partial charge in [-0.1, -0.05) is 52.4 Å². The Kier molecular flexibility index (Phi) is 9.72. The van der Waals surface area contributed by atoms with Gasteiger partial charge in [-0.05, 0) is 19.3 Å². The molecule has 1 unspecified atom stereocenters. The Labute approximate surface area is 141 Å². The first kappa shape index (κ1) is 19.8. The molecule has 0 aromatic rings. The van der Waals surface area contributed by atoms with Crippen LogP contribution in [0, 0.1) is 5.92 Å². The molecule has 0 aromatic heterocycles. The SMILES string of the molecule is CCCCCCN(CC(C)C(=O)OC)C(=O)NC1CCCCC1. The van der Waals surface area contributed by atoms with Gasteiger partial charge in [0.2, 0.25) is 0 Å². The molecule has 23 heavy (non-hydrogen) atoms. The number of ether oxygens (including phenoxy) is 1. The second-order valence-corrected chi connectivity index (χ2v) is 6.72. The number of nitrogens with zero attached hydrogens (tertiary/aromatic N) is 1. The van der Waals surface area contributed by atoms with Crippen molar-refractivity contribution in [3.8, 4) is 0 Å². The number of amides is 2. The van der Waals surface area contributed by atoms with Crippen LogP contribution in [0.3, 0.4) is 0 Å². The lowest BCUT2D eigenvalue weighted by Gasteiger charge is -2.29. The summed E-state index contributed by atoms with van der Waals surface area (Å²) in [4.78, 5) is 26.0. The molecule has 1 atom stereocenters. The quantitative estimate of drug-likeness (QED) is 0.519. The van der Waals surface area contributed by atoms with Crippen LogP contribution in [-0.2, 0) is 9.53 Å². The van der Waals surface area contributed by atoms with Crippen molar-refractivity contribution in [2.75, 3.05) is 20.2 Å². The molecule has 1 N–H and O–H groups in total. The summed E-state index contributed by atoms with van der Waals surface area (Å²) in [5.74, 6) is -0.544. The molecular formula is C18H34N2O3. The number of carbonyl (C=O) groups excluding carboxylic acids is 2. The number of esters is 1. The molecule has 0 radical (unpaired) electrons. The van der Waals surface area contributed by atoms with Crippen molar-refractivity contribution in [1.82, 2.24) is 10.2 Å².